The molecule has 0 spiro atoms. The third kappa shape index (κ3) is 5.31. The van der Waals surface area contributed by atoms with Crippen molar-refractivity contribution in [1.82, 2.24) is 0 Å². The number of hydrogen-bond acceptors (Lipinski definition) is 3. The molecular formula is C7H13NO2. The molecule has 0 saturated carbocycles. The quantitative estimate of drug-likeness (QED) is 0.461. The van der Waals surface area contributed by atoms with Gasteiger partial charge in [-0.3, -0.25) is 0 Å². The third-order valence-corrected chi connectivity index (χ3v) is 0.822. The minimum absolute atomic E-state index is 0.0931. The summed E-state index contributed by atoms with van der Waals surface area (Å²) in [5.41, 5.74) is 5.34. The van der Waals surface area contributed by atoms with E-state index < -0.39 is 0 Å². The largest absolute Gasteiger partial charge is 0.463 e. The van der Waals surface area contributed by atoms with Gasteiger partial charge in [-0.1, -0.05) is 6.08 Å². The highest BCUT2D eigenvalue weighted by molar-refractivity contribution is 5.81. The third-order valence-electron chi connectivity index (χ3n) is 0.822. The first-order valence-electron chi connectivity index (χ1n) is 3.27. The van der Waals surface area contributed by atoms with Crippen LogP contribution in [0.4, 0.5) is 0 Å². The van der Waals surface area contributed by atoms with E-state index in [0.717, 1.165) is 0 Å². The zero-order valence-electron chi connectivity index (χ0n) is 6.33. The summed E-state index contributed by atoms with van der Waals surface area (Å²) in [5, 5.41) is 0. The maximum atomic E-state index is 10.6. The van der Waals surface area contributed by atoms with Crippen molar-refractivity contribution < 1.29 is 9.53 Å². The van der Waals surface area contributed by atoms with Crippen molar-refractivity contribution in [2.24, 2.45) is 5.73 Å². The van der Waals surface area contributed by atoms with Gasteiger partial charge in [0.25, 0.3) is 0 Å². The molecule has 0 rings (SSSR count). The lowest BCUT2D eigenvalue weighted by Gasteiger charge is -1.95. The van der Waals surface area contributed by atoms with Crippen LogP contribution in [0.1, 0.15) is 13.8 Å². The fraction of sp³-hybridized carbons (Fsp3) is 0.571. The van der Waals surface area contributed by atoms with Gasteiger partial charge in [-0.05, 0) is 13.8 Å². The molecule has 0 aliphatic carbocycles. The molecule has 10 heavy (non-hydrogen) atoms. The maximum absolute atomic E-state index is 10.6. The van der Waals surface area contributed by atoms with E-state index in [1.54, 1.807) is 19.9 Å². The van der Waals surface area contributed by atoms with Gasteiger partial charge in [-0.2, -0.15) is 0 Å². The van der Waals surface area contributed by atoms with Crippen LogP contribution in [0.25, 0.3) is 0 Å². The normalized spacial score (nSPS) is 13.5. The Morgan fingerprint density at radius 3 is 2.80 bits per heavy atom. The summed E-state index contributed by atoms with van der Waals surface area (Å²) in [7, 11) is 0. The van der Waals surface area contributed by atoms with Crippen LogP contribution < -0.4 is 5.73 Å². The molecule has 0 aromatic heterocycles. The van der Waals surface area contributed by atoms with E-state index in [1.165, 1.54) is 6.08 Å². The number of rotatable bonds is 3. The Morgan fingerprint density at radius 1 is 1.80 bits per heavy atom. The number of carbonyl (C=O) groups excluding carboxylic acids is 1. The zero-order chi connectivity index (χ0) is 7.98. The second-order valence-electron chi connectivity index (χ2n) is 1.97. The van der Waals surface area contributed by atoms with Crippen LogP contribution in [-0.2, 0) is 9.53 Å². The Labute approximate surface area is 60.9 Å². The van der Waals surface area contributed by atoms with Crippen LogP contribution in [0.2, 0.25) is 0 Å². The molecule has 1 atom stereocenters. The first-order valence-corrected chi connectivity index (χ1v) is 3.27. The van der Waals surface area contributed by atoms with E-state index in [-0.39, 0.29) is 12.0 Å². The molecule has 3 nitrogen and oxygen atoms in total. The Bertz CT molecular complexity index is 130. The van der Waals surface area contributed by atoms with E-state index in [9.17, 15) is 4.79 Å². The Hall–Kier alpha value is -0.830. The summed E-state index contributed by atoms with van der Waals surface area (Å²) < 4.78 is 4.61. The van der Waals surface area contributed by atoms with Crippen LogP contribution in [0.5, 0.6) is 0 Å². The number of carbonyl (C=O) groups is 1. The van der Waals surface area contributed by atoms with E-state index in [1.807, 2.05) is 0 Å². The minimum atomic E-state index is -0.334. The lowest BCUT2D eigenvalue weighted by molar-refractivity contribution is -0.137. The van der Waals surface area contributed by atoms with Gasteiger partial charge in [0, 0.05) is 12.1 Å². The fourth-order valence-electron chi connectivity index (χ4n) is 0.421. The number of nitrogens with two attached hydrogens (primary N) is 1. The lowest BCUT2D eigenvalue weighted by atomic mass is 10.3. The van der Waals surface area contributed by atoms with Crippen molar-refractivity contribution in [3.63, 3.8) is 0 Å². The number of hydrogen-bond donors (Lipinski definition) is 1. The van der Waals surface area contributed by atoms with Gasteiger partial charge in [0.2, 0.25) is 0 Å². The molecule has 0 saturated heterocycles. The second kappa shape index (κ2) is 4.99. The molecule has 0 aliphatic rings. The van der Waals surface area contributed by atoms with Crippen LogP contribution in [0.15, 0.2) is 12.2 Å². The van der Waals surface area contributed by atoms with E-state index in [0.29, 0.717) is 6.61 Å². The van der Waals surface area contributed by atoms with Crippen molar-refractivity contribution in [2.45, 2.75) is 19.9 Å². The van der Waals surface area contributed by atoms with Gasteiger partial charge in [-0.15, -0.1) is 0 Å². The van der Waals surface area contributed by atoms with Gasteiger partial charge >= 0.3 is 5.97 Å². The summed E-state index contributed by atoms with van der Waals surface area (Å²) >= 11 is 0. The SMILES string of the molecule is CCOC(=O)C=CC(C)N. The number of ether oxygens (including phenoxy) is 1. The van der Waals surface area contributed by atoms with Gasteiger partial charge in [0.1, 0.15) is 0 Å². The van der Waals surface area contributed by atoms with E-state index in [2.05, 4.69) is 4.74 Å². The highest BCUT2D eigenvalue weighted by Gasteiger charge is 1.92. The average molecular weight is 143 g/mol. The molecular weight excluding hydrogens is 130 g/mol. The topological polar surface area (TPSA) is 52.3 Å². The molecule has 0 heterocycles. The Kier molecular flexibility index (Phi) is 4.58. The standard InChI is InChI=1S/C7H13NO2/c1-3-10-7(9)5-4-6(2)8/h4-6H,3,8H2,1-2H3. The van der Waals surface area contributed by atoms with Crippen molar-refractivity contribution in [3.05, 3.63) is 12.2 Å². The molecule has 58 valence electrons. The first-order chi connectivity index (χ1) is 4.66. The van der Waals surface area contributed by atoms with Gasteiger partial charge in [0.05, 0.1) is 6.61 Å². The van der Waals surface area contributed by atoms with Crippen molar-refractivity contribution in [3.8, 4) is 0 Å². The summed E-state index contributed by atoms with van der Waals surface area (Å²) in [6.07, 6.45) is 2.94. The molecule has 0 fully saturated rings. The average Bonchev–Trinajstić information content (AvgIpc) is 1.85. The van der Waals surface area contributed by atoms with Crippen LogP contribution >= 0.6 is 0 Å². The summed E-state index contributed by atoms with van der Waals surface area (Å²) in [6, 6.07) is -0.0931. The summed E-state index contributed by atoms with van der Waals surface area (Å²) in [6.45, 7) is 3.95. The van der Waals surface area contributed by atoms with Crippen LogP contribution in [-0.4, -0.2) is 18.6 Å². The highest BCUT2D eigenvalue weighted by Crippen LogP contribution is 1.83. The van der Waals surface area contributed by atoms with Crippen molar-refractivity contribution in [1.29, 1.82) is 0 Å². The molecule has 3 heteroatoms. The summed E-state index contributed by atoms with van der Waals surface area (Å²) in [5.74, 6) is -0.334. The van der Waals surface area contributed by atoms with Crippen LogP contribution in [0.3, 0.4) is 0 Å². The predicted molar refractivity (Wildman–Crippen MR) is 39.4 cm³/mol. The van der Waals surface area contributed by atoms with Gasteiger partial charge in [0.15, 0.2) is 0 Å². The smallest absolute Gasteiger partial charge is 0.330 e. The Morgan fingerprint density at radius 2 is 2.40 bits per heavy atom. The summed E-state index contributed by atoms with van der Waals surface area (Å²) in [4.78, 5) is 10.6. The Balaban J connectivity index is 3.56. The zero-order valence-corrected chi connectivity index (χ0v) is 6.33. The highest BCUT2D eigenvalue weighted by atomic mass is 16.5. The molecule has 0 amide bonds. The molecule has 0 aromatic carbocycles. The first kappa shape index (κ1) is 9.17. The second-order valence-corrected chi connectivity index (χ2v) is 1.97. The minimum Gasteiger partial charge on any atom is -0.463 e. The lowest BCUT2D eigenvalue weighted by Crippen LogP contribution is -2.11. The predicted octanol–water partition coefficient (Wildman–Crippen LogP) is 0.453. The van der Waals surface area contributed by atoms with Gasteiger partial charge < -0.3 is 10.5 Å². The van der Waals surface area contributed by atoms with E-state index in [4.69, 9.17) is 5.73 Å². The fourth-order valence-corrected chi connectivity index (χ4v) is 0.421. The van der Waals surface area contributed by atoms with Crippen LogP contribution in [0, 0.1) is 0 Å². The monoisotopic (exact) mass is 143 g/mol. The maximum Gasteiger partial charge on any atom is 0.330 e. The van der Waals surface area contributed by atoms with Crippen molar-refractivity contribution in [2.75, 3.05) is 6.61 Å². The molecule has 0 aliphatic heterocycles. The number of esters is 1. The molecule has 0 aromatic rings. The molecule has 2 N–H and O–H groups in total. The molecule has 0 bridgehead atoms. The molecule has 0 radical (unpaired) electrons. The van der Waals surface area contributed by atoms with Crippen molar-refractivity contribution >= 4 is 5.97 Å². The van der Waals surface area contributed by atoms with E-state index >= 15 is 0 Å². The molecule has 1 unspecified atom stereocenters. The van der Waals surface area contributed by atoms with Gasteiger partial charge in [-0.25, -0.2) is 4.79 Å².